The molecule has 228 valence electrons. The number of carboxylic acid groups (broad SMARTS) is 1. The maximum absolute atomic E-state index is 13.4. The van der Waals surface area contributed by atoms with Gasteiger partial charge >= 0.3 is 71.4 Å². The number of alkyl halides is 23. The van der Waals surface area contributed by atoms with Gasteiger partial charge < -0.3 is 5.11 Å². The Morgan fingerprint density at radius 1 is 0.342 bits per heavy atom. The Morgan fingerprint density at radius 2 is 0.500 bits per heavy atom. The average molecular weight is 644 g/mol. The van der Waals surface area contributed by atoms with Gasteiger partial charge in [0, 0.05) is 0 Å². The lowest BCUT2D eigenvalue weighted by molar-refractivity contribution is -0.477. The van der Waals surface area contributed by atoms with Crippen LogP contribution in [-0.4, -0.2) is 93.8 Å². The van der Waals surface area contributed by atoms with E-state index in [0.717, 1.165) is 0 Å². The van der Waals surface area contributed by atoms with E-state index in [0.29, 0.717) is 0 Å². The zero-order chi connectivity index (χ0) is 31.1. The largest absolute Gasteiger partial charge is 0.477 e. The van der Waals surface area contributed by atoms with Gasteiger partial charge in [0.2, 0.25) is 0 Å². The van der Waals surface area contributed by atoms with E-state index in [-0.39, 0.29) is 17.4 Å². The third kappa shape index (κ3) is 4.30. The van der Waals surface area contributed by atoms with Crippen molar-refractivity contribution in [2.45, 2.75) is 65.4 Å². The third-order valence-corrected chi connectivity index (χ3v) is 4.17. The van der Waals surface area contributed by atoms with E-state index in [1.54, 1.807) is 0 Å². The fraction of sp³-hybridized carbons (Fsp3) is 0.917. The molecule has 0 radical (unpaired) electrons. The molecule has 26 heteroatoms. The summed E-state index contributed by atoms with van der Waals surface area (Å²) >= 11 is 0. The molecule has 0 atom stereocenters. The molecule has 0 unspecified atom stereocenters. The minimum absolute atomic E-state index is 0. The van der Waals surface area contributed by atoms with E-state index >= 15 is 0 Å². The van der Waals surface area contributed by atoms with E-state index in [4.69, 9.17) is 5.11 Å². The lowest BCUT2D eigenvalue weighted by Crippen LogP contribution is -2.78. The second kappa shape index (κ2) is 9.22. The van der Waals surface area contributed by atoms with Crippen LogP contribution in [0.3, 0.4) is 0 Å². The molecule has 0 aliphatic heterocycles. The van der Waals surface area contributed by atoms with Crippen molar-refractivity contribution >= 4 is 23.3 Å². The van der Waals surface area contributed by atoms with Crippen LogP contribution in [0, 0.1) is 0 Å². The summed E-state index contributed by atoms with van der Waals surface area (Å²) in [5.41, 5.74) is 0. The standard InChI is InChI=1S/C12HF23O2.Al.3H/c13-2(14,1(36)37)3(15,16)4(17,18)5(19,20)6(21,22)7(23,24)8(25,26)9(27,28)10(29,30)11(31,32)12(33,34)35;;;;/h(H,36,37);;;;. The van der Waals surface area contributed by atoms with Gasteiger partial charge in [0.25, 0.3) is 0 Å². The summed E-state index contributed by atoms with van der Waals surface area (Å²) in [5, 5.41) is 7.63. The van der Waals surface area contributed by atoms with Crippen molar-refractivity contribution in [2.24, 2.45) is 0 Å². The second-order valence-corrected chi connectivity index (χ2v) is 6.55. The second-order valence-electron chi connectivity index (χ2n) is 6.55. The molecule has 2 nitrogen and oxygen atoms in total. The fourth-order valence-electron chi connectivity index (χ4n) is 1.89. The topological polar surface area (TPSA) is 37.3 Å². The van der Waals surface area contributed by atoms with E-state index in [9.17, 15) is 106 Å². The predicted octanol–water partition coefficient (Wildman–Crippen LogP) is 5.80. The number of aliphatic carboxylic acids is 1. The molecule has 0 heterocycles. The van der Waals surface area contributed by atoms with Crippen molar-refractivity contribution < 1.29 is 111 Å². The van der Waals surface area contributed by atoms with Gasteiger partial charge in [0.15, 0.2) is 17.4 Å². The van der Waals surface area contributed by atoms with Crippen LogP contribution in [0.2, 0.25) is 0 Å². The van der Waals surface area contributed by atoms with Crippen LogP contribution in [0.5, 0.6) is 0 Å². The van der Waals surface area contributed by atoms with E-state index in [1.165, 1.54) is 0 Å². The summed E-state index contributed by atoms with van der Waals surface area (Å²) < 4.78 is 298. The zero-order valence-corrected chi connectivity index (χ0v) is 15.5. The highest BCUT2D eigenvalue weighted by molar-refractivity contribution is 5.77. The first-order valence-electron chi connectivity index (χ1n) is 7.52. The number of carboxylic acids is 1. The van der Waals surface area contributed by atoms with Crippen LogP contribution in [0.15, 0.2) is 0 Å². The molecule has 0 aliphatic rings. The Hall–Kier alpha value is -1.61. The highest BCUT2D eigenvalue weighted by Gasteiger charge is 2.99. The lowest BCUT2D eigenvalue weighted by atomic mass is 9.85. The molecule has 38 heavy (non-hydrogen) atoms. The van der Waals surface area contributed by atoms with Crippen LogP contribution in [-0.2, 0) is 4.79 Å². The molecule has 0 aliphatic carbocycles. The molecule has 0 fully saturated rings. The average Bonchev–Trinajstić information content (AvgIpc) is 2.65. The normalized spacial score (nSPS) is 16.3. The first kappa shape index (κ1) is 38.5. The number of rotatable bonds is 10. The maximum atomic E-state index is 13.4. The molecular formula is C12H4AlF23O2. The van der Waals surface area contributed by atoms with Gasteiger partial charge in [-0.1, -0.05) is 0 Å². The molecule has 0 amide bonds. The lowest BCUT2D eigenvalue weighted by Gasteiger charge is -2.44. The molecular weight excluding hydrogens is 640 g/mol. The fourth-order valence-corrected chi connectivity index (χ4v) is 1.89. The van der Waals surface area contributed by atoms with Gasteiger partial charge in [-0.15, -0.1) is 0 Å². The van der Waals surface area contributed by atoms with E-state index in [1.807, 2.05) is 0 Å². The Labute approximate surface area is 200 Å². The molecule has 0 saturated heterocycles. The molecule has 0 saturated carbocycles. The van der Waals surface area contributed by atoms with Crippen LogP contribution >= 0.6 is 0 Å². The molecule has 1 N–H and O–H groups in total. The Kier molecular flexibility index (Phi) is 9.35. The minimum Gasteiger partial charge on any atom is -0.477 e. The zero-order valence-electron chi connectivity index (χ0n) is 15.5. The van der Waals surface area contributed by atoms with Gasteiger partial charge in [0.05, 0.1) is 0 Å². The molecule has 0 spiro atoms. The van der Waals surface area contributed by atoms with Gasteiger partial charge in [-0.05, 0) is 0 Å². The minimum atomic E-state index is -9.50. The molecule has 0 bridgehead atoms. The summed E-state index contributed by atoms with van der Waals surface area (Å²) in [7, 11) is 0. The SMILES string of the molecule is O=C(O)C(F)(F)C(F)(F)C(F)(F)C(F)(F)C(F)(F)C(F)(F)C(F)(F)C(F)(F)C(F)(F)C(F)(F)C(F)(F)F.[AlH3]. The number of carbonyl (C=O) groups is 1. The van der Waals surface area contributed by atoms with Crippen LogP contribution in [0.4, 0.5) is 101 Å². The summed E-state index contributed by atoms with van der Waals surface area (Å²) in [4.78, 5) is 9.85. The predicted molar refractivity (Wildman–Crippen MR) is 73.1 cm³/mol. The van der Waals surface area contributed by atoms with Crippen LogP contribution < -0.4 is 0 Å². The summed E-state index contributed by atoms with van der Waals surface area (Å²) in [5.74, 6) is -94.6. The monoisotopic (exact) mass is 644 g/mol. The number of hydrogen-bond donors (Lipinski definition) is 1. The van der Waals surface area contributed by atoms with Crippen molar-refractivity contribution in [3.05, 3.63) is 0 Å². The first-order valence-corrected chi connectivity index (χ1v) is 7.52. The summed E-state index contributed by atoms with van der Waals surface area (Å²) in [6.07, 6.45) is -8.13. The molecule has 0 aromatic carbocycles. The van der Waals surface area contributed by atoms with Gasteiger partial charge in [-0.25, -0.2) is 4.79 Å². The van der Waals surface area contributed by atoms with Crippen molar-refractivity contribution in [3.8, 4) is 0 Å². The maximum Gasteiger partial charge on any atom is 0.460 e. The van der Waals surface area contributed by atoms with Crippen molar-refractivity contribution in [1.29, 1.82) is 0 Å². The van der Waals surface area contributed by atoms with Crippen molar-refractivity contribution in [3.63, 3.8) is 0 Å². The quantitative estimate of drug-likeness (QED) is 0.241. The summed E-state index contributed by atoms with van der Waals surface area (Å²) in [6.45, 7) is 0. The highest BCUT2D eigenvalue weighted by Crippen LogP contribution is 2.67. The highest BCUT2D eigenvalue weighted by atomic mass is 27.0. The smallest absolute Gasteiger partial charge is 0.460 e. The molecule has 0 aromatic heterocycles. The molecule has 0 aromatic rings. The first-order chi connectivity index (χ1) is 15.4. The Morgan fingerprint density at radius 3 is 0.658 bits per heavy atom. The van der Waals surface area contributed by atoms with E-state index in [2.05, 4.69) is 0 Å². The van der Waals surface area contributed by atoms with Crippen molar-refractivity contribution in [2.75, 3.05) is 0 Å². The molecule has 0 rings (SSSR count). The van der Waals surface area contributed by atoms with Gasteiger partial charge in [0.1, 0.15) is 0 Å². The summed E-state index contributed by atoms with van der Waals surface area (Å²) in [6, 6.07) is 0. The van der Waals surface area contributed by atoms with Crippen LogP contribution in [0.25, 0.3) is 0 Å². The van der Waals surface area contributed by atoms with Gasteiger partial charge in [-0.3, -0.25) is 0 Å². The van der Waals surface area contributed by atoms with E-state index < -0.39 is 71.4 Å². The van der Waals surface area contributed by atoms with Crippen LogP contribution in [0.1, 0.15) is 0 Å². The number of hydrogen-bond acceptors (Lipinski definition) is 1. The third-order valence-electron chi connectivity index (χ3n) is 4.17. The van der Waals surface area contributed by atoms with Crippen molar-refractivity contribution in [1.82, 2.24) is 0 Å². The number of halogens is 23. The Balaban J connectivity index is 0. The Bertz CT molecular complexity index is 885. The van der Waals surface area contributed by atoms with Gasteiger partial charge in [-0.2, -0.15) is 101 Å².